The summed E-state index contributed by atoms with van der Waals surface area (Å²) in [5.41, 5.74) is 6.28. The highest BCUT2D eigenvalue weighted by Gasteiger charge is 2.18. The average Bonchev–Trinajstić information content (AvgIpc) is 2.31. The summed E-state index contributed by atoms with van der Waals surface area (Å²) in [6.45, 7) is 5.30. The van der Waals surface area contributed by atoms with Crippen molar-refractivity contribution in [2.24, 2.45) is 0 Å². The van der Waals surface area contributed by atoms with Crippen LogP contribution in [-0.4, -0.2) is 23.9 Å². The van der Waals surface area contributed by atoms with Gasteiger partial charge in [0, 0.05) is 16.8 Å². The van der Waals surface area contributed by atoms with Gasteiger partial charge < -0.3 is 16.4 Å². The first-order valence-electron chi connectivity index (χ1n) is 5.97. The Balaban J connectivity index is 2.74. The van der Waals surface area contributed by atoms with E-state index in [9.17, 15) is 9.59 Å². The number of nitrogens with two attached hydrogens (primary N) is 1. The van der Waals surface area contributed by atoms with Crippen LogP contribution in [0.5, 0.6) is 0 Å². The van der Waals surface area contributed by atoms with E-state index in [1.165, 1.54) is 6.07 Å². The molecule has 5 nitrogen and oxygen atoms in total. The number of nitrogen functional groups attached to an aromatic ring is 1. The second-order valence-electron chi connectivity index (χ2n) is 4.59. The lowest BCUT2D eigenvalue weighted by molar-refractivity contribution is -0.123. The first-order chi connectivity index (χ1) is 8.81. The Morgan fingerprint density at radius 1 is 1.21 bits per heavy atom. The number of hydrogen-bond acceptors (Lipinski definition) is 3. The van der Waals surface area contributed by atoms with Gasteiger partial charge in [0.15, 0.2) is 0 Å². The minimum Gasteiger partial charge on any atom is -0.398 e. The second kappa shape index (κ2) is 6.43. The molecule has 0 aliphatic carbocycles. The summed E-state index contributed by atoms with van der Waals surface area (Å²) in [4.78, 5) is 23.7. The van der Waals surface area contributed by atoms with Gasteiger partial charge in [-0.25, -0.2) is 0 Å². The number of hydrogen-bond donors (Lipinski definition) is 3. The minimum atomic E-state index is -0.645. The molecule has 0 bridgehead atoms. The molecule has 1 atom stereocenters. The molecular formula is C13H18ClN3O2. The monoisotopic (exact) mass is 283 g/mol. The molecule has 0 heterocycles. The van der Waals surface area contributed by atoms with Crippen LogP contribution in [0.25, 0.3) is 0 Å². The first-order valence-corrected chi connectivity index (χ1v) is 6.35. The number of rotatable bonds is 4. The molecular weight excluding hydrogens is 266 g/mol. The van der Waals surface area contributed by atoms with Gasteiger partial charge >= 0.3 is 0 Å². The first kappa shape index (κ1) is 15.3. The zero-order chi connectivity index (χ0) is 14.6. The Labute approximate surface area is 117 Å². The van der Waals surface area contributed by atoms with Crippen LogP contribution in [0.15, 0.2) is 18.2 Å². The second-order valence-corrected chi connectivity index (χ2v) is 5.03. The fourth-order valence-electron chi connectivity index (χ4n) is 1.47. The van der Waals surface area contributed by atoms with Crippen LogP contribution in [-0.2, 0) is 4.79 Å². The molecule has 4 N–H and O–H groups in total. The molecule has 1 unspecified atom stereocenters. The van der Waals surface area contributed by atoms with Crippen molar-refractivity contribution in [3.8, 4) is 0 Å². The lowest BCUT2D eigenvalue weighted by Crippen LogP contribution is -2.46. The van der Waals surface area contributed by atoms with Crippen LogP contribution in [0, 0.1) is 0 Å². The number of benzene rings is 1. The maximum absolute atomic E-state index is 12.0. The molecule has 1 rings (SSSR count). The molecule has 0 radical (unpaired) electrons. The molecule has 19 heavy (non-hydrogen) atoms. The lowest BCUT2D eigenvalue weighted by atomic mass is 10.1. The Bertz CT molecular complexity index is 489. The SMILES string of the molecule is CC(C)NC(=O)C(C)NC(=O)c1cc(Cl)ccc1N. The minimum absolute atomic E-state index is 0.0168. The van der Waals surface area contributed by atoms with Gasteiger partial charge in [-0.3, -0.25) is 9.59 Å². The molecule has 2 amide bonds. The van der Waals surface area contributed by atoms with E-state index in [0.717, 1.165) is 0 Å². The molecule has 104 valence electrons. The molecule has 6 heteroatoms. The van der Waals surface area contributed by atoms with E-state index in [0.29, 0.717) is 10.7 Å². The van der Waals surface area contributed by atoms with Crippen molar-refractivity contribution >= 4 is 29.1 Å². The summed E-state index contributed by atoms with van der Waals surface area (Å²) in [5, 5.41) is 5.71. The third-order valence-electron chi connectivity index (χ3n) is 2.43. The summed E-state index contributed by atoms with van der Waals surface area (Å²) in [6.07, 6.45) is 0. The lowest BCUT2D eigenvalue weighted by Gasteiger charge is -2.16. The van der Waals surface area contributed by atoms with E-state index >= 15 is 0 Å². The van der Waals surface area contributed by atoms with Crippen molar-refractivity contribution in [3.63, 3.8) is 0 Å². The molecule has 1 aromatic rings. The van der Waals surface area contributed by atoms with Crippen LogP contribution >= 0.6 is 11.6 Å². The maximum atomic E-state index is 12.0. The molecule has 1 aromatic carbocycles. The van der Waals surface area contributed by atoms with E-state index in [1.54, 1.807) is 19.1 Å². The summed E-state index contributed by atoms with van der Waals surface area (Å²) in [7, 11) is 0. The van der Waals surface area contributed by atoms with Crippen LogP contribution in [0.3, 0.4) is 0 Å². The van der Waals surface area contributed by atoms with Gasteiger partial charge in [-0.15, -0.1) is 0 Å². The normalized spacial score (nSPS) is 12.1. The standard InChI is InChI=1S/C13H18ClN3O2/c1-7(2)16-12(18)8(3)17-13(19)10-6-9(14)4-5-11(10)15/h4-8H,15H2,1-3H3,(H,16,18)(H,17,19). The Kier molecular flexibility index (Phi) is 5.18. The highest BCUT2D eigenvalue weighted by atomic mass is 35.5. The number of carbonyl (C=O) groups excluding carboxylic acids is 2. The predicted octanol–water partition coefficient (Wildman–Crippen LogP) is 1.57. The smallest absolute Gasteiger partial charge is 0.254 e. The van der Waals surface area contributed by atoms with Crippen LogP contribution in [0.4, 0.5) is 5.69 Å². The fourth-order valence-corrected chi connectivity index (χ4v) is 1.65. The van der Waals surface area contributed by atoms with Crippen molar-refractivity contribution in [1.82, 2.24) is 10.6 Å². The Morgan fingerprint density at radius 3 is 2.42 bits per heavy atom. The molecule has 0 aromatic heterocycles. The van der Waals surface area contributed by atoms with Gasteiger partial charge in [0.25, 0.3) is 5.91 Å². The fraction of sp³-hybridized carbons (Fsp3) is 0.385. The van der Waals surface area contributed by atoms with Crippen LogP contribution in [0.1, 0.15) is 31.1 Å². The third kappa shape index (κ3) is 4.44. The summed E-state index contributed by atoms with van der Waals surface area (Å²) >= 11 is 5.81. The van der Waals surface area contributed by atoms with Crippen molar-refractivity contribution in [1.29, 1.82) is 0 Å². The third-order valence-corrected chi connectivity index (χ3v) is 2.67. The molecule has 0 fully saturated rings. The number of carbonyl (C=O) groups is 2. The number of halogens is 1. The van der Waals surface area contributed by atoms with E-state index < -0.39 is 11.9 Å². The van der Waals surface area contributed by atoms with Gasteiger partial charge in [-0.1, -0.05) is 11.6 Å². The van der Waals surface area contributed by atoms with E-state index in [-0.39, 0.29) is 17.5 Å². The van der Waals surface area contributed by atoms with Crippen molar-refractivity contribution in [2.45, 2.75) is 32.9 Å². The van der Waals surface area contributed by atoms with Gasteiger partial charge in [-0.2, -0.15) is 0 Å². The molecule has 0 saturated heterocycles. The van der Waals surface area contributed by atoms with E-state index in [4.69, 9.17) is 17.3 Å². The van der Waals surface area contributed by atoms with Gasteiger partial charge in [0.05, 0.1) is 5.56 Å². The summed E-state index contributed by atoms with van der Waals surface area (Å²) in [6, 6.07) is 3.99. The molecule has 0 saturated carbocycles. The topological polar surface area (TPSA) is 84.2 Å². The van der Waals surface area contributed by atoms with Crippen molar-refractivity contribution in [2.75, 3.05) is 5.73 Å². The van der Waals surface area contributed by atoms with Gasteiger partial charge in [-0.05, 0) is 39.0 Å². The molecule has 0 aliphatic heterocycles. The Morgan fingerprint density at radius 2 is 1.84 bits per heavy atom. The Hall–Kier alpha value is -1.75. The predicted molar refractivity (Wildman–Crippen MR) is 76.1 cm³/mol. The average molecular weight is 284 g/mol. The molecule has 0 spiro atoms. The zero-order valence-corrected chi connectivity index (χ0v) is 11.9. The number of nitrogens with one attached hydrogen (secondary N) is 2. The van der Waals surface area contributed by atoms with Crippen molar-refractivity contribution < 1.29 is 9.59 Å². The zero-order valence-electron chi connectivity index (χ0n) is 11.2. The van der Waals surface area contributed by atoms with E-state index in [1.807, 2.05) is 13.8 Å². The quantitative estimate of drug-likeness (QED) is 0.733. The molecule has 0 aliphatic rings. The largest absolute Gasteiger partial charge is 0.398 e. The highest BCUT2D eigenvalue weighted by molar-refractivity contribution is 6.31. The van der Waals surface area contributed by atoms with Crippen LogP contribution < -0.4 is 16.4 Å². The summed E-state index contributed by atoms with van der Waals surface area (Å²) < 4.78 is 0. The van der Waals surface area contributed by atoms with Gasteiger partial charge in [0.1, 0.15) is 6.04 Å². The summed E-state index contributed by atoms with van der Waals surface area (Å²) in [5.74, 6) is -0.671. The highest BCUT2D eigenvalue weighted by Crippen LogP contribution is 2.17. The van der Waals surface area contributed by atoms with E-state index in [2.05, 4.69) is 10.6 Å². The number of amides is 2. The number of anilines is 1. The van der Waals surface area contributed by atoms with Crippen LogP contribution in [0.2, 0.25) is 5.02 Å². The van der Waals surface area contributed by atoms with Gasteiger partial charge in [0.2, 0.25) is 5.91 Å². The maximum Gasteiger partial charge on any atom is 0.254 e. The van der Waals surface area contributed by atoms with Crippen molar-refractivity contribution in [3.05, 3.63) is 28.8 Å².